The predicted octanol–water partition coefficient (Wildman–Crippen LogP) is 3.43. The number of rotatable bonds is 0. The van der Waals surface area contributed by atoms with Crippen molar-refractivity contribution in [3.8, 4) is 0 Å². The summed E-state index contributed by atoms with van der Waals surface area (Å²) >= 11 is 0. The van der Waals surface area contributed by atoms with Gasteiger partial charge in [-0.3, -0.25) is 0 Å². The molecule has 4 unspecified atom stereocenters. The van der Waals surface area contributed by atoms with Gasteiger partial charge in [-0.2, -0.15) is 5.92 Å². The van der Waals surface area contributed by atoms with Crippen molar-refractivity contribution in [3.05, 3.63) is 6.92 Å². The zero-order chi connectivity index (χ0) is 8.18. The van der Waals surface area contributed by atoms with Crippen molar-refractivity contribution in [1.29, 1.82) is 0 Å². The molecule has 0 aromatic rings. The van der Waals surface area contributed by atoms with Crippen LogP contribution in [0.1, 0.15) is 44.9 Å². The third-order valence-corrected chi connectivity index (χ3v) is 4.91. The van der Waals surface area contributed by atoms with Crippen LogP contribution < -0.4 is 0 Å². The van der Waals surface area contributed by atoms with Gasteiger partial charge in [0.1, 0.15) is 0 Å². The van der Waals surface area contributed by atoms with Gasteiger partial charge in [0.2, 0.25) is 0 Å². The van der Waals surface area contributed by atoms with Crippen LogP contribution in [0.2, 0.25) is 0 Å². The van der Waals surface area contributed by atoms with E-state index in [0.717, 1.165) is 23.2 Å². The van der Waals surface area contributed by atoms with Gasteiger partial charge < -0.3 is 6.92 Å². The van der Waals surface area contributed by atoms with Crippen LogP contribution >= 0.6 is 0 Å². The first kappa shape index (κ1) is 10.6. The monoisotopic (exact) mass is 401 g/mol. The first-order valence-corrected chi connectivity index (χ1v) is 5.63. The average molecular weight is 401 g/mol. The van der Waals surface area contributed by atoms with E-state index in [1.165, 1.54) is 19.3 Å². The second-order valence-electron chi connectivity index (χ2n) is 5.47. The van der Waals surface area contributed by atoms with Gasteiger partial charge in [0.15, 0.2) is 0 Å². The molecule has 0 N–H and O–H groups in total. The van der Waals surface area contributed by atoms with Gasteiger partial charge in [-0.05, 0) is 42.9 Å². The summed E-state index contributed by atoms with van der Waals surface area (Å²) in [6.07, 6.45) is 10.6. The zero-order valence-corrected chi connectivity index (χ0v) is 12.6. The fourth-order valence-electron chi connectivity index (χ4n) is 4.29. The first-order valence-electron chi connectivity index (χ1n) is 5.63. The maximum atomic E-state index is 4.27. The summed E-state index contributed by atoms with van der Waals surface area (Å²) in [5.74, 6) is 3.03. The van der Waals surface area contributed by atoms with Gasteiger partial charge >= 0.3 is 0 Å². The molecule has 0 aromatic carbocycles. The standard InChI is InChI=1S/C12H19.U/c1-9-3-2-5-12-6-4-10(8-12)11(12)7-9;/h9-11H,1-8H2;/q-1;. The predicted molar refractivity (Wildman–Crippen MR) is 50.6 cm³/mol. The number of hydrogen-bond acceptors (Lipinski definition) is 0. The summed E-state index contributed by atoms with van der Waals surface area (Å²) in [6.45, 7) is 4.27. The summed E-state index contributed by atoms with van der Waals surface area (Å²) in [7, 11) is 0. The Labute approximate surface area is 106 Å². The zero-order valence-electron chi connectivity index (χ0n) is 8.39. The first-order chi connectivity index (χ1) is 5.80. The van der Waals surface area contributed by atoms with E-state index in [2.05, 4.69) is 6.92 Å². The molecule has 4 saturated carbocycles. The molecule has 0 aliphatic heterocycles. The minimum atomic E-state index is 0. The SMILES string of the molecule is [CH2-]C1CCCC23CCC(C2)C3C1.[U]. The Morgan fingerprint density at radius 3 is 2.77 bits per heavy atom. The Morgan fingerprint density at radius 2 is 2.00 bits per heavy atom. The Balaban J connectivity index is 0.000000653. The second-order valence-corrected chi connectivity index (χ2v) is 5.47. The fraction of sp³-hybridized carbons (Fsp3) is 0.917. The van der Waals surface area contributed by atoms with Crippen LogP contribution in [-0.4, -0.2) is 0 Å². The van der Waals surface area contributed by atoms with E-state index in [-0.39, 0.29) is 31.1 Å². The molecule has 1 spiro atoms. The fourth-order valence-corrected chi connectivity index (χ4v) is 4.29. The molecule has 72 valence electrons. The van der Waals surface area contributed by atoms with Crippen LogP contribution in [0.4, 0.5) is 0 Å². The van der Waals surface area contributed by atoms with Crippen LogP contribution in [0.25, 0.3) is 0 Å². The molecule has 4 aliphatic carbocycles. The Hall–Kier alpha value is 1.05. The molecule has 0 saturated heterocycles. The second kappa shape index (κ2) is 3.57. The van der Waals surface area contributed by atoms with Gasteiger partial charge in [-0.15, -0.1) is 0 Å². The van der Waals surface area contributed by atoms with Crippen molar-refractivity contribution >= 4 is 0 Å². The Bertz CT molecular complexity index is 197. The minimum absolute atomic E-state index is 0. The molecule has 4 aliphatic rings. The third kappa shape index (κ3) is 1.46. The van der Waals surface area contributed by atoms with Crippen LogP contribution in [-0.2, 0) is 0 Å². The van der Waals surface area contributed by atoms with Crippen molar-refractivity contribution in [3.63, 3.8) is 0 Å². The topological polar surface area (TPSA) is 0 Å². The van der Waals surface area contributed by atoms with E-state index in [4.69, 9.17) is 0 Å². The van der Waals surface area contributed by atoms with E-state index in [9.17, 15) is 0 Å². The molecule has 13 heavy (non-hydrogen) atoms. The van der Waals surface area contributed by atoms with E-state index in [1.807, 2.05) is 0 Å². The largest absolute Gasteiger partial charge is 0.340 e. The number of fused-ring (bicyclic) bond motifs is 1. The van der Waals surface area contributed by atoms with Gasteiger partial charge in [-0.1, -0.05) is 19.3 Å². The summed E-state index contributed by atoms with van der Waals surface area (Å²) < 4.78 is 0. The van der Waals surface area contributed by atoms with Gasteiger partial charge in [-0.25, -0.2) is 0 Å². The summed E-state index contributed by atoms with van der Waals surface area (Å²) in [5, 5.41) is 0. The van der Waals surface area contributed by atoms with Crippen LogP contribution in [0.15, 0.2) is 0 Å². The van der Waals surface area contributed by atoms with E-state index in [1.54, 1.807) is 25.7 Å². The van der Waals surface area contributed by atoms with Gasteiger partial charge in [0.05, 0.1) is 0 Å². The van der Waals surface area contributed by atoms with Crippen molar-refractivity contribution in [2.75, 3.05) is 0 Å². The van der Waals surface area contributed by atoms with Crippen molar-refractivity contribution in [1.82, 2.24) is 0 Å². The van der Waals surface area contributed by atoms with Gasteiger partial charge in [0.25, 0.3) is 0 Å². The van der Waals surface area contributed by atoms with Crippen LogP contribution in [0.5, 0.6) is 0 Å². The molecule has 0 aromatic heterocycles. The molecule has 1 heteroatoms. The molecule has 2 bridgehead atoms. The van der Waals surface area contributed by atoms with Crippen molar-refractivity contribution in [2.24, 2.45) is 23.2 Å². The van der Waals surface area contributed by atoms with Crippen LogP contribution in [0.3, 0.4) is 0 Å². The third-order valence-electron chi connectivity index (χ3n) is 4.91. The molecule has 0 radical (unpaired) electrons. The molecular formula is C12H19U-. The average Bonchev–Trinajstić information content (AvgIpc) is 2.55. The quantitative estimate of drug-likeness (QED) is 0.546. The molecule has 4 atom stereocenters. The molecule has 0 amide bonds. The van der Waals surface area contributed by atoms with E-state index >= 15 is 0 Å². The van der Waals surface area contributed by atoms with Crippen molar-refractivity contribution < 1.29 is 31.1 Å². The maximum absolute atomic E-state index is 4.27. The molecule has 4 fully saturated rings. The maximum Gasteiger partial charge on any atom is 0 e. The smallest absolute Gasteiger partial charge is 0 e. The molecule has 0 heterocycles. The van der Waals surface area contributed by atoms with E-state index < -0.39 is 0 Å². The molecular weight excluding hydrogens is 382 g/mol. The van der Waals surface area contributed by atoms with Gasteiger partial charge in [0, 0.05) is 31.1 Å². The molecule has 0 nitrogen and oxygen atoms in total. The number of hydrogen-bond donors (Lipinski definition) is 0. The van der Waals surface area contributed by atoms with E-state index in [0.29, 0.717) is 0 Å². The summed E-state index contributed by atoms with van der Waals surface area (Å²) in [4.78, 5) is 0. The Morgan fingerprint density at radius 1 is 1.15 bits per heavy atom. The molecule has 4 rings (SSSR count). The van der Waals surface area contributed by atoms with Crippen LogP contribution in [0, 0.1) is 61.2 Å². The summed E-state index contributed by atoms with van der Waals surface area (Å²) in [6, 6.07) is 0. The van der Waals surface area contributed by atoms with Crippen molar-refractivity contribution in [2.45, 2.75) is 44.9 Å². The minimum Gasteiger partial charge on any atom is -0.340 e. The normalized spacial score (nSPS) is 52.8. The Kier molecular flexibility index (Phi) is 2.90. The summed E-state index contributed by atoms with van der Waals surface area (Å²) in [5.41, 5.74) is 0.858.